The topological polar surface area (TPSA) is 67.9 Å². The highest BCUT2D eigenvalue weighted by Crippen LogP contribution is 2.32. The van der Waals surface area contributed by atoms with Crippen molar-refractivity contribution in [1.29, 1.82) is 0 Å². The number of benzene rings is 2. The Kier molecular flexibility index (Phi) is 7.36. The molecule has 1 N–H and O–H groups in total. The molecule has 2 aromatic rings. The van der Waals surface area contributed by atoms with Gasteiger partial charge in [-0.15, -0.1) is 0 Å². The van der Waals surface area contributed by atoms with Gasteiger partial charge in [0.1, 0.15) is 11.4 Å². The van der Waals surface area contributed by atoms with Gasteiger partial charge in [-0.3, -0.25) is 14.5 Å². The molecule has 2 amide bonds. The van der Waals surface area contributed by atoms with Crippen LogP contribution in [-0.2, 0) is 14.3 Å². The number of halogens is 1. The van der Waals surface area contributed by atoms with Gasteiger partial charge in [0.05, 0.1) is 18.8 Å². The number of nitrogens with one attached hydrogen (secondary N) is 1. The number of rotatable bonds is 9. The molecule has 0 spiro atoms. The number of carbonyl (C=O) groups is 2. The summed E-state index contributed by atoms with van der Waals surface area (Å²) in [4.78, 5) is 27.8. The summed E-state index contributed by atoms with van der Waals surface area (Å²) < 4.78 is 10.8. The Bertz CT molecular complexity index is 999. The lowest BCUT2D eigenvalue weighted by atomic mass is 10.0. The van der Waals surface area contributed by atoms with Crippen molar-refractivity contribution in [3.8, 4) is 5.75 Å². The lowest BCUT2D eigenvalue weighted by molar-refractivity contribution is -0.137. The SMILES string of the molecule is COc1ccc(C2=C(Nc3ccc(Cl)cc3C)C(=O)N(CCCOC(C)C)C2=O)cc1. The van der Waals surface area contributed by atoms with Crippen molar-refractivity contribution in [2.45, 2.75) is 33.3 Å². The summed E-state index contributed by atoms with van der Waals surface area (Å²) in [7, 11) is 1.58. The summed E-state index contributed by atoms with van der Waals surface area (Å²) in [6.07, 6.45) is 0.668. The van der Waals surface area contributed by atoms with Crippen molar-refractivity contribution in [2.24, 2.45) is 0 Å². The second kappa shape index (κ2) is 9.98. The number of anilines is 1. The lowest BCUT2D eigenvalue weighted by Crippen LogP contribution is -2.34. The first-order chi connectivity index (χ1) is 14.8. The molecule has 164 valence electrons. The Morgan fingerprint density at radius 2 is 1.77 bits per heavy atom. The van der Waals surface area contributed by atoms with Crippen molar-refractivity contribution in [1.82, 2.24) is 4.90 Å². The minimum absolute atomic E-state index is 0.100. The monoisotopic (exact) mass is 442 g/mol. The third-order valence-corrected chi connectivity index (χ3v) is 5.21. The van der Waals surface area contributed by atoms with Crippen molar-refractivity contribution >= 4 is 34.7 Å². The number of hydrogen-bond donors (Lipinski definition) is 1. The lowest BCUT2D eigenvalue weighted by Gasteiger charge is -2.16. The predicted octanol–water partition coefficient (Wildman–Crippen LogP) is 4.66. The molecule has 2 aromatic carbocycles. The largest absolute Gasteiger partial charge is 0.497 e. The molecule has 3 rings (SSSR count). The number of imide groups is 1. The van der Waals surface area contributed by atoms with Gasteiger partial charge in [-0.05, 0) is 68.7 Å². The third kappa shape index (κ3) is 5.27. The first-order valence-electron chi connectivity index (χ1n) is 10.2. The molecule has 0 aliphatic carbocycles. The highest BCUT2D eigenvalue weighted by molar-refractivity contribution is 6.36. The van der Waals surface area contributed by atoms with E-state index in [1.165, 1.54) is 4.90 Å². The standard InChI is InChI=1S/C24H27ClN2O4/c1-15(2)31-13-5-12-27-23(28)21(17-6-9-19(30-4)10-7-17)22(24(27)29)26-20-11-8-18(25)14-16(20)3/h6-11,14-15,26H,5,12-13H2,1-4H3. The molecule has 7 heteroatoms. The molecule has 0 radical (unpaired) electrons. The average Bonchev–Trinajstić information content (AvgIpc) is 2.97. The molecule has 0 saturated carbocycles. The summed E-state index contributed by atoms with van der Waals surface area (Å²) in [5.41, 5.74) is 2.83. The highest BCUT2D eigenvalue weighted by Gasteiger charge is 2.39. The smallest absolute Gasteiger partial charge is 0.278 e. The van der Waals surface area contributed by atoms with Crippen LogP contribution in [0.15, 0.2) is 48.2 Å². The zero-order valence-electron chi connectivity index (χ0n) is 18.2. The Morgan fingerprint density at radius 1 is 1.06 bits per heavy atom. The summed E-state index contributed by atoms with van der Waals surface area (Å²) in [6, 6.07) is 12.4. The summed E-state index contributed by atoms with van der Waals surface area (Å²) in [5, 5.41) is 3.78. The Labute approximate surface area is 187 Å². The van der Waals surface area contributed by atoms with Crippen LogP contribution in [-0.4, -0.2) is 43.1 Å². The number of nitrogens with zero attached hydrogens (tertiary/aromatic N) is 1. The minimum Gasteiger partial charge on any atom is -0.497 e. The van der Waals surface area contributed by atoms with Gasteiger partial charge < -0.3 is 14.8 Å². The maximum atomic E-state index is 13.3. The molecule has 0 atom stereocenters. The van der Waals surface area contributed by atoms with Crippen LogP contribution in [0.25, 0.3) is 5.57 Å². The zero-order chi connectivity index (χ0) is 22.5. The minimum atomic E-state index is -0.352. The molecule has 0 saturated heterocycles. The summed E-state index contributed by atoms with van der Waals surface area (Å²) in [5.74, 6) is -0.00425. The van der Waals surface area contributed by atoms with E-state index in [4.69, 9.17) is 21.1 Å². The van der Waals surface area contributed by atoms with E-state index in [9.17, 15) is 9.59 Å². The number of amides is 2. The third-order valence-electron chi connectivity index (χ3n) is 4.97. The van der Waals surface area contributed by atoms with Crippen molar-refractivity contribution in [2.75, 3.05) is 25.6 Å². The second-order valence-corrected chi connectivity index (χ2v) is 8.03. The molecule has 0 aromatic heterocycles. The fourth-order valence-corrected chi connectivity index (χ4v) is 3.59. The van der Waals surface area contributed by atoms with Crippen LogP contribution < -0.4 is 10.1 Å². The van der Waals surface area contributed by atoms with Crippen molar-refractivity contribution < 1.29 is 19.1 Å². The normalized spacial score (nSPS) is 14.1. The maximum absolute atomic E-state index is 13.3. The molecule has 1 aliphatic heterocycles. The van der Waals surface area contributed by atoms with Gasteiger partial charge in [0.2, 0.25) is 0 Å². The van der Waals surface area contributed by atoms with E-state index in [0.717, 1.165) is 11.3 Å². The van der Waals surface area contributed by atoms with Crippen LogP contribution in [0, 0.1) is 6.92 Å². The van der Waals surface area contributed by atoms with Crippen LogP contribution >= 0.6 is 11.6 Å². The Hall–Kier alpha value is -2.83. The highest BCUT2D eigenvalue weighted by atomic mass is 35.5. The van der Waals surface area contributed by atoms with E-state index in [0.29, 0.717) is 34.9 Å². The fraction of sp³-hybridized carbons (Fsp3) is 0.333. The van der Waals surface area contributed by atoms with E-state index in [-0.39, 0.29) is 30.2 Å². The summed E-state index contributed by atoms with van der Waals surface area (Å²) >= 11 is 6.06. The van der Waals surface area contributed by atoms with E-state index in [1.54, 1.807) is 49.6 Å². The van der Waals surface area contributed by atoms with Crippen LogP contribution in [0.3, 0.4) is 0 Å². The van der Waals surface area contributed by atoms with Gasteiger partial charge >= 0.3 is 0 Å². The number of hydrogen-bond acceptors (Lipinski definition) is 5. The van der Waals surface area contributed by atoms with Crippen LogP contribution in [0.5, 0.6) is 5.75 Å². The quantitative estimate of drug-likeness (QED) is 0.451. The van der Waals surface area contributed by atoms with Crippen LogP contribution in [0.4, 0.5) is 5.69 Å². The van der Waals surface area contributed by atoms with E-state index in [2.05, 4.69) is 5.32 Å². The molecule has 1 heterocycles. The van der Waals surface area contributed by atoms with Crippen LogP contribution in [0.1, 0.15) is 31.4 Å². The number of ether oxygens (including phenoxy) is 2. The molecular weight excluding hydrogens is 416 g/mol. The van der Waals surface area contributed by atoms with Gasteiger partial charge in [0, 0.05) is 23.9 Å². The van der Waals surface area contributed by atoms with Crippen molar-refractivity contribution in [3.05, 3.63) is 64.3 Å². The Morgan fingerprint density at radius 3 is 2.39 bits per heavy atom. The van der Waals surface area contributed by atoms with Gasteiger partial charge in [0.15, 0.2) is 0 Å². The second-order valence-electron chi connectivity index (χ2n) is 7.60. The molecule has 0 bridgehead atoms. The first-order valence-corrected chi connectivity index (χ1v) is 10.6. The fourth-order valence-electron chi connectivity index (χ4n) is 3.36. The van der Waals surface area contributed by atoms with E-state index in [1.807, 2.05) is 20.8 Å². The van der Waals surface area contributed by atoms with E-state index >= 15 is 0 Å². The number of methoxy groups -OCH3 is 1. The molecule has 31 heavy (non-hydrogen) atoms. The maximum Gasteiger partial charge on any atom is 0.278 e. The molecule has 0 fully saturated rings. The number of aryl methyl sites for hydroxylation is 1. The molecule has 0 unspecified atom stereocenters. The van der Waals surface area contributed by atoms with Crippen molar-refractivity contribution in [3.63, 3.8) is 0 Å². The molecule has 1 aliphatic rings. The number of carbonyl (C=O) groups excluding carboxylic acids is 2. The predicted molar refractivity (Wildman–Crippen MR) is 122 cm³/mol. The zero-order valence-corrected chi connectivity index (χ0v) is 19.0. The van der Waals surface area contributed by atoms with Gasteiger partial charge in [-0.25, -0.2) is 0 Å². The van der Waals surface area contributed by atoms with Gasteiger partial charge in [0.25, 0.3) is 11.8 Å². The van der Waals surface area contributed by atoms with Gasteiger partial charge in [-0.1, -0.05) is 23.7 Å². The van der Waals surface area contributed by atoms with Crippen LogP contribution in [0.2, 0.25) is 5.02 Å². The molecular formula is C24H27ClN2O4. The first kappa shape index (κ1) is 22.8. The van der Waals surface area contributed by atoms with E-state index < -0.39 is 0 Å². The summed E-state index contributed by atoms with van der Waals surface area (Å²) in [6.45, 7) is 6.56. The average molecular weight is 443 g/mol. The Balaban J connectivity index is 1.93. The van der Waals surface area contributed by atoms with Gasteiger partial charge in [-0.2, -0.15) is 0 Å². The molecule has 6 nitrogen and oxygen atoms in total.